The number of anilines is 1. The lowest BCUT2D eigenvalue weighted by Crippen LogP contribution is -2.29. The smallest absolute Gasteiger partial charge is 0.0691 e. The van der Waals surface area contributed by atoms with E-state index in [1.807, 2.05) is 12.3 Å². The average Bonchev–Trinajstić information content (AvgIpc) is 2.04. The zero-order valence-electron chi connectivity index (χ0n) is 7.59. The second-order valence-corrected chi connectivity index (χ2v) is 3.96. The first-order chi connectivity index (χ1) is 5.70. The van der Waals surface area contributed by atoms with Crippen molar-refractivity contribution >= 4 is 5.69 Å². The Morgan fingerprint density at radius 1 is 1.50 bits per heavy atom. The van der Waals surface area contributed by atoms with Crippen molar-refractivity contribution in [1.29, 1.82) is 0 Å². The number of pyridine rings is 1. The van der Waals surface area contributed by atoms with Gasteiger partial charge in [-0.1, -0.05) is 13.8 Å². The van der Waals surface area contributed by atoms with E-state index in [2.05, 4.69) is 30.2 Å². The van der Waals surface area contributed by atoms with Gasteiger partial charge in [0, 0.05) is 18.2 Å². The number of aromatic nitrogens is 1. The molecule has 1 aliphatic rings. The van der Waals surface area contributed by atoms with E-state index in [-0.39, 0.29) is 5.41 Å². The first-order valence-electron chi connectivity index (χ1n) is 4.39. The Hall–Kier alpha value is -1.05. The van der Waals surface area contributed by atoms with Crippen molar-refractivity contribution in [3.63, 3.8) is 0 Å². The van der Waals surface area contributed by atoms with Gasteiger partial charge in [0.25, 0.3) is 0 Å². The highest BCUT2D eigenvalue weighted by Gasteiger charge is 2.27. The number of nitrogens with one attached hydrogen (secondary N) is 1. The molecule has 1 aromatic rings. The van der Waals surface area contributed by atoms with Gasteiger partial charge in [0.1, 0.15) is 0 Å². The van der Waals surface area contributed by atoms with Crippen LogP contribution in [0, 0.1) is 0 Å². The number of hydrogen-bond donors (Lipinski definition) is 1. The van der Waals surface area contributed by atoms with Crippen LogP contribution < -0.4 is 5.32 Å². The van der Waals surface area contributed by atoms with Crippen LogP contribution in [0.5, 0.6) is 0 Å². The van der Waals surface area contributed by atoms with Gasteiger partial charge in [0.2, 0.25) is 0 Å². The molecule has 0 aliphatic carbocycles. The Labute approximate surface area is 73.0 Å². The summed E-state index contributed by atoms with van der Waals surface area (Å²) in [6.45, 7) is 5.56. The van der Waals surface area contributed by atoms with Gasteiger partial charge in [-0.05, 0) is 18.6 Å². The molecule has 1 aromatic heterocycles. The highest BCUT2D eigenvalue weighted by molar-refractivity contribution is 5.52. The molecule has 64 valence electrons. The van der Waals surface area contributed by atoms with Gasteiger partial charge >= 0.3 is 0 Å². The lowest BCUT2D eigenvalue weighted by Gasteiger charge is -2.31. The molecule has 0 aromatic carbocycles. The molecule has 0 spiro atoms. The van der Waals surface area contributed by atoms with Crippen LogP contribution in [-0.4, -0.2) is 11.5 Å². The Bertz CT molecular complexity index is 292. The van der Waals surface area contributed by atoms with Crippen molar-refractivity contribution < 1.29 is 0 Å². The van der Waals surface area contributed by atoms with E-state index < -0.39 is 0 Å². The van der Waals surface area contributed by atoms with Crippen molar-refractivity contribution in [2.24, 2.45) is 0 Å². The van der Waals surface area contributed by atoms with Crippen molar-refractivity contribution in [1.82, 2.24) is 4.98 Å². The Kier molecular flexibility index (Phi) is 1.56. The molecule has 1 aliphatic heterocycles. The molecule has 0 unspecified atom stereocenters. The molecule has 0 bridgehead atoms. The van der Waals surface area contributed by atoms with Gasteiger partial charge in [-0.2, -0.15) is 0 Å². The monoisotopic (exact) mass is 162 g/mol. The first-order valence-corrected chi connectivity index (χ1v) is 4.39. The lowest BCUT2D eigenvalue weighted by molar-refractivity contribution is 0.467. The highest BCUT2D eigenvalue weighted by Crippen LogP contribution is 2.34. The van der Waals surface area contributed by atoms with Crippen molar-refractivity contribution in [3.05, 3.63) is 24.0 Å². The molecular weight excluding hydrogens is 148 g/mol. The van der Waals surface area contributed by atoms with Gasteiger partial charge in [0.15, 0.2) is 0 Å². The maximum atomic E-state index is 4.41. The van der Waals surface area contributed by atoms with Crippen LogP contribution in [0.15, 0.2) is 18.3 Å². The summed E-state index contributed by atoms with van der Waals surface area (Å²) in [6.07, 6.45) is 3.03. The first kappa shape index (κ1) is 7.59. The largest absolute Gasteiger partial charge is 0.384 e. The molecule has 1 N–H and O–H groups in total. The van der Waals surface area contributed by atoms with E-state index in [4.69, 9.17) is 0 Å². The van der Waals surface area contributed by atoms with Crippen LogP contribution in [0.4, 0.5) is 5.69 Å². The maximum Gasteiger partial charge on any atom is 0.0691 e. The fourth-order valence-electron chi connectivity index (χ4n) is 1.72. The second-order valence-electron chi connectivity index (χ2n) is 3.96. The molecule has 0 fully saturated rings. The maximum absolute atomic E-state index is 4.41. The van der Waals surface area contributed by atoms with E-state index in [0.29, 0.717) is 0 Å². The molecule has 2 nitrogen and oxygen atoms in total. The van der Waals surface area contributed by atoms with E-state index in [1.165, 1.54) is 11.4 Å². The average molecular weight is 162 g/mol. The molecule has 2 rings (SSSR count). The fraction of sp³-hybridized carbons (Fsp3) is 0.500. The van der Waals surface area contributed by atoms with E-state index in [0.717, 1.165) is 13.0 Å². The predicted molar refractivity (Wildman–Crippen MR) is 50.4 cm³/mol. The van der Waals surface area contributed by atoms with Gasteiger partial charge < -0.3 is 5.32 Å². The molecule has 0 saturated heterocycles. The third kappa shape index (κ3) is 1.07. The van der Waals surface area contributed by atoms with Crippen LogP contribution in [0.25, 0.3) is 0 Å². The topological polar surface area (TPSA) is 24.9 Å². The van der Waals surface area contributed by atoms with Gasteiger partial charge in [-0.25, -0.2) is 0 Å². The molecule has 12 heavy (non-hydrogen) atoms. The standard InChI is InChI=1S/C10H14N2/c1-10(2)5-7-11-8-4-3-6-12-9(8)10/h3-4,6,11H,5,7H2,1-2H3. The number of hydrogen-bond acceptors (Lipinski definition) is 2. The predicted octanol–water partition coefficient (Wildman–Crippen LogP) is 2.17. The Morgan fingerprint density at radius 2 is 2.33 bits per heavy atom. The zero-order valence-corrected chi connectivity index (χ0v) is 7.59. The van der Waals surface area contributed by atoms with E-state index >= 15 is 0 Å². The van der Waals surface area contributed by atoms with Gasteiger partial charge in [-0.15, -0.1) is 0 Å². The molecule has 0 radical (unpaired) electrons. The summed E-state index contributed by atoms with van der Waals surface area (Å²) in [5, 5.41) is 3.36. The van der Waals surface area contributed by atoms with Crippen LogP contribution in [0.1, 0.15) is 26.0 Å². The number of nitrogens with zero attached hydrogens (tertiary/aromatic N) is 1. The Balaban J connectivity index is 2.52. The van der Waals surface area contributed by atoms with Crippen LogP contribution in [-0.2, 0) is 5.41 Å². The van der Waals surface area contributed by atoms with Gasteiger partial charge in [0.05, 0.1) is 11.4 Å². The summed E-state index contributed by atoms with van der Waals surface area (Å²) >= 11 is 0. The molecule has 2 heterocycles. The second kappa shape index (κ2) is 2.47. The molecular formula is C10H14N2. The van der Waals surface area contributed by atoms with Crippen molar-refractivity contribution in [3.8, 4) is 0 Å². The van der Waals surface area contributed by atoms with E-state index in [1.54, 1.807) is 0 Å². The summed E-state index contributed by atoms with van der Waals surface area (Å²) in [6, 6.07) is 4.08. The van der Waals surface area contributed by atoms with Crippen molar-refractivity contribution in [2.45, 2.75) is 25.7 Å². The zero-order chi connectivity index (χ0) is 8.60. The quantitative estimate of drug-likeness (QED) is 0.632. The van der Waals surface area contributed by atoms with Crippen LogP contribution in [0.2, 0.25) is 0 Å². The van der Waals surface area contributed by atoms with Gasteiger partial charge in [-0.3, -0.25) is 4.98 Å². The summed E-state index contributed by atoms with van der Waals surface area (Å²) in [7, 11) is 0. The molecule has 0 saturated carbocycles. The third-order valence-corrected chi connectivity index (χ3v) is 2.51. The Morgan fingerprint density at radius 3 is 3.08 bits per heavy atom. The SMILES string of the molecule is CC1(C)CCNc2cccnc21. The summed E-state index contributed by atoms with van der Waals surface area (Å²) < 4.78 is 0. The lowest BCUT2D eigenvalue weighted by atomic mass is 9.82. The van der Waals surface area contributed by atoms with Crippen LogP contribution >= 0.6 is 0 Å². The fourth-order valence-corrected chi connectivity index (χ4v) is 1.72. The number of rotatable bonds is 0. The molecule has 2 heteroatoms. The van der Waals surface area contributed by atoms with E-state index in [9.17, 15) is 0 Å². The summed E-state index contributed by atoms with van der Waals surface area (Å²) in [5.41, 5.74) is 2.65. The molecule has 0 atom stereocenters. The summed E-state index contributed by atoms with van der Waals surface area (Å²) in [5.74, 6) is 0. The minimum atomic E-state index is 0.238. The number of fused-ring (bicyclic) bond motifs is 1. The van der Waals surface area contributed by atoms with Crippen molar-refractivity contribution in [2.75, 3.05) is 11.9 Å². The molecule has 0 amide bonds. The minimum Gasteiger partial charge on any atom is -0.384 e. The highest BCUT2D eigenvalue weighted by atomic mass is 14.9. The normalized spacial score (nSPS) is 19.5. The minimum absolute atomic E-state index is 0.238. The summed E-state index contributed by atoms with van der Waals surface area (Å²) in [4.78, 5) is 4.41. The third-order valence-electron chi connectivity index (χ3n) is 2.51. The van der Waals surface area contributed by atoms with Crippen LogP contribution in [0.3, 0.4) is 0 Å².